The van der Waals surface area contributed by atoms with E-state index >= 15 is 0 Å². The van der Waals surface area contributed by atoms with Gasteiger partial charge in [0.2, 0.25) is 0 Å². The number of esters is 1. The van der Waals surface area contributed by atoms with Gasteiger partial charge in [-0.2, -0.15) is 0 Å². The Morgan fingerprint density at radius 1 is 1.13 bits per heavy atom. The van der Waals surface area contributed by atoms with Gasteiger partial charge in [-0.3, -0.25) is 4.79 Å². The predicted molar refractivity (Wildman–Crippen MR) is 116 cm³/mol. The van der Waals surface area contributed by atoms with Gasteiger partial charge in [-0.1, -0.05) is 30.3 Å². The number of allylic oxidation sites excluding steroid dienone is 1. The van der Waals surface area contributed by atoms with Gasteiger partial charge in [0.05, 0.1) is 13.2 Å². The molecule has 0 radical (unpaired) electrons. The van der Waals surface area contributed by atoms with Gasteiger partial charge in [-0.05, 0) is 43.2 Å². The molecule has 0 aliphatic carbocycles. The van der Waals surface area contributed by atoms with Crippen molar-refractivity contribution in [2.45, 2.75) is 19.4 Å². The zero-order valence-corrected chi connectivity index (χ0v) is 17.6. The van der Waals surface area contributed by atoms with Crippen LogP contribution in [0.15, 0.2) is 65.6 Å². The Balaban J connectivity index is 1.46. The van der Waals surface area contributed by atoms with Gasteiger partial charge >= 0.3 is 5.97 Å². The lowest BCUT2D eigenvalue weighted by Crippen LogP contribution is -2.31. The molecule has 1 amide bonds. The number of amides is 1. The zero-order valence-electron chi connectivity index (χ0n) is 17.6. The lowest BCUT2D eigenvalue weighted by Gasteiger charge is -2.13. The molecule has 0 bridgehead atoms. The average Bonchev–Trinajstić information content (AvgIpc) is 3.21. The highest BCUT2D eigenvalue weighted by molar-refractivity contribution is 5.82. The highest BCUT2D eigenvalue weighted by atomic mass is 16.6. The maximum absolute atomic E-state index is 12.1. The van der Waals surface area contributed by atoms with Crippen molar-refractivity contribution < 1.29 is 28.2 Å². The minimum atomic E-state index is -0.663. The van der Waals surface area contributed by atoms with E-state index in [9.17, 15) is 9.59 Å². The van der Waals surface area contributed by atoms with Crippen LogP contribution in [-0.4, -0.2) is 32.2 Å². The number of carbonyl (C=O) groups excluding carboxylic acids is 2. The second kappa shape index (κ2) is 10.3. The van der Waals surface area contributed by atoms with Crippen LogP contribution in [0.1, 0.15) is 24.3 Å². The first kappa shape index (κ1) is 22.0. The number of para-hydroxylation sites is 1. The van der Waals surface area contributed by atoms with Crippen molar-refractivity contribution in [3.05, 3.63) is 72.5 Å². The van der Waals surface area contributed by atoms with Crippen LogP contribution in [0.25, 0.3) is 11.0 Å². The lowest BCUT2D eigenvalue weighted by molar-refractivity contribution is -0.150. The van der Waals surface area contributed by atoms with Crippen LogP contribution in [0.4, 0.5) is 0 Å². The van der Waals surface area contributed by atoms with Gasteiger partial charge in [0.25, 0.3) is 5.91 Å². The maximum Gasteiger partial charge on any atom is 0.344 e. The molecule has 31 heavy (non-hydrogen) atoms. The highest BCUT2D eigenvalue weighted by Crippen LogP contribution is 2.28. The lowest BCUT2D eigenvalue weighted by atomic mass is 10.1. The fraction of sp³-hybridized carbons (Fsp3) is 0.250. The topological polar surface area (TPSA) is 87.0 Å². The first-order valence-corrected chi connectivity index (χ1v) is 9.84. The number of rotatable bonds is 10. The second-order valence-corrected chi connectivity index (χ2v) is 6.90. The molecule has 0 unspecified atom stereocenters. The van der Waals surface area contributed by atoms with Crippen molar-refractivity contribution in [3.8, 4) is 11.5 Å². The fourth-order valence-corrected chi connectivity index (χ4v) is 3.02. The third kappa shape index (κ3) is 5.88. The number of hydrogen-bond donors (Lipinski definition) is 1. The van der Waals surface area contributed by atoms with E-state index in [1.54, 1.807) is 19.1 Å². The molecule has 2 aromatic carbocycles. The van der Waals surface area contributed by atoms with Gasteiger partial charge in [-0.15, -0.1) is 6.58 Å². The third-order valence-corrected chi connectivity index (χ3v) is 4.57. The summed E-state index contributed by atoms with van der Waals surface area (Å²) in [6.45, 7) is 4.74. The molecule has 0 saturated heterocycles. The number of benzene rings is 2. The quantitative estimate of drug-likeness (QED) is 0.392. The summed E-state index contributed by atoms with van der Waals surface area (Å²) in [6, 6.07) is 14.5. The number of fused-ring (bicyclic) bond motifs is 1. The Morgan fingerprint density at radius 3 is 2.68 bits per heavy atom. The highest BCUT2D eigenvalue weighted by Gasteiger charge is 2.16. The Kier molecular flexibility index (Phi) is 7.32. The van der Waals surface area contributed by atoms with Gasteiger partial charge in [0.1, 0.15) is 11.3 Å². The number of nitrogens with one attached hydrogen (secondary N) is 1. The SMILES string of the molecule is C=CCc1ccc(OCC(=O)OCC(=O)N[C@@H](C)c2cc3ccccc3o2)c(OC)c1. The summed E-state index contributed by atoms with van der Waals surface area (Å²) >= 11 is 0. The Hall–Kier alpha value is -3.74. The minimum Gasteiger partial charge on any atom is -0.493 e. The van der Waals surface area contributed by atoms with E-state index in [1.165, 1.54) is 7.11 Å². The second-order valence-electron chi connectivity index (χ2n) is 6.90. The van der Waals surface area contributed by atoms with Crippen LogP contribution in [-0.2, 0) is 20.7 Å². The van der Waals surface area contributed by atoms with Crippen LogP contribution >= 0.6 is 0 Å². The summed E-state index contributed by atoms with van der Waals surface area (Å²) < 4.78 is 21.5. The van der Waals surface area contributed by atoms with Crippen molar-refractivity contribution in [3.63, 3.8) is 0 Å². The summed E-state index contributed by atoms with van der Waals surface area (Å²) in [6.07, 6.45) is 2.48. The largest absolute Gasteiger partial charge is 0.493 e. The van der Waals surface area contributed by atoms with E-state index < -0.39 is 18.5 Å². The van der Waals surface area contributed by atoms with E-state index in [0.29, 0.717) is 23.7 Å². The van der Waals surface area contributed by atoms with Crippen molar-refractivity contribution in [2.24, 2.45) is 0 Å². The maximum atomic E-state index is 12.1. The molecule has 0 aliphatic heterocycles. The third-order valence-electron chi connectivity index (χ3n) is 4.57. The van der Waals surface area contributed by atoms with Crippen molar-refractivity contribution >= 4 is 22.8 Å². The molecule has 1 N–H and O–H groups in total. The van der Waals surface area contributed by atoms with Gasteiger partial charge in [-0.25, -0.2) is 4.79 Å². The summed E-state index contributed by atoms with van der Waals surface area (Å²) in [5.74, 6) is 0.437. The fourth-order valence-electron chi connectivity index (χ4n) is 3.02. The molecule has 3 aromatic rings. The Morgan fingerprint density at radius 2 is 1.94 bits per heavy atom. The van der Waals surface area contributed by atoms with E-state index in [4.69, 9.17) is 18.6 Å². The van der Waals surface area contributed by atoms with E-state index in [1.807, 2.05) is 42.5 Å². The molecule has 7 heteroatoms. The molecule has 0 aliphatic rings. The van der Waals surface area contributed by atoms with E-state index in [-0.39, 0.29) is 12.6 Å². The number of carbonyl (C=O) groups is 2. The standard InChI is InChI=1S/C24H25NO6/c1-4-7-17-10-11-20(22(12-17)28-3)29-15-24(27)30-14-23(26)25-16(2)21-13-18-8-5-6-9-19(18)31-21/h4-6,8-13,16H,1,7,14-15H2,2-3H3,(H,25,26)/t16-/m0/s1. The summed E-state index contributed by atoms with van der Waals surface area (Å²) in [5.41, 5.74) is 1.76. The van der Waals surface area contributed by atoms with E-state index in [2.05, 4.69) is 11.9 Å². The molecular weight excluding hydrogens is 398 g/mol. The smallest absolute Gasteiger partial charge is 0.344 e. The molecule has 1 heterocycles. The van der Waals surface area contributed by atoms with Crippen molar-refractivity contribution in [2.75, 3.05) is 20.3 Å². The average molecular weight is 423 g/mol. The molecule has 7 nitrogen and oxygen atoms in total. The molecule has 162 valence electrons. The minimum absolute atomic E-state index is 0.344. The molecule has 1 aromatic heterocycles. The first-order valence-electron chi connectivity index (χ1n) is 9.84. The molecule has 0 spiro atoms. The molecule has 0 saturated carbocycles. The van der Waals surface area contributed by atoms with E-state index in [0.717, 1.165) is 16.5 Å². The summed E-state index contributed by atoms with van der Waals surface area (Å²) in [5, 5.41) is 3.70. The Labute approximate surface area is 180 Å². The van der Waals surface area contributed by atoms with Crippen LogP contribution in [0, 0.1) is 0 Å². The zero-order chi connectivity index (χ0) is 22.2. The molecule has 0 fully saturated rings. The molecule has 3 rings (SSSR count). The molecule has 1 atom stereocenters. The number of furan rings is 1. The number of ether oxygens (including phenoxy) is 3. The predicted octanol–water partition coefficient (Wildman–Crippen LogP) is 3.97. The normalized spacial score (nSPS) is 11.5. The van der Waals surface area contributed by atoms with Gasteiger partial charge in [0.15, 0.2) is 24.7 Å². The first-order chi connectivity index (χ1) is 15.0. The number of hydrogen-bond acceptors (Lipinski definition) is 6. The monoisotopic (exact) mass is 423 g/mol. The van der Waals surface area contributed by atoms with Gasteiger partial charge in [0, 0.05) is 5.39 Å². The van der Waals surface area contributed by atoms with Crippen molar-refractivity contribution in [1.29, 1.82) is 0 Å². The van der Waals surface area contributed by atoms with Crippen LogP contribution in [0.5, 0.6) is 11.5 Å². The van der Waals surface area contributed by atoms with Gasteiger partial charge < -0.3 is 23.9 Å². The Bertz CT molecular complexity index is 1040. The van der Waals surface area contributed by atoms with Crippen LogP contribution < -0.4 is 14.8 Å². The summed E-state index contributed by atoms with van der Waals surface area (Å²) in [7, 11) is 1.52. The summed E-state index contributed by atoms with van der Waals surface area (Å²) in [4.78, 5) is 24.1. The van der Waals surface area contributed by atoms with Crippen molar-refractivity contribution in [1.82, 2.24) is 5.32 Å². The van der Waals surface area contributed by atoms with Crippen LogP contribution in [0.2, 0.25) is 0 Å². The molecular formula is C24H25NO6. The van der Waals surface area contributed by atoms with Crippen LogP contribution in [0.3, 0.4) is 0 Å². The number of methoxy groups -OCH3 is 1.